The molecule has 2 aromatic carbocycles. The van der Waals surface area contributed by atoms with Crippen molar-refractivity contribution in [3.8, 4) is 11.5 Å². The quantitative estimate of drug-likeness (QED) is 0.555. The summed E-state index contributed by atoms with van der Waals surface area (Å²) in [6.07, 6.45) is 3.42. The van der Waals surface area contributed by atoms with Gasteiger partial charge in [0.15, 0.2) is 11.5 Å². The molecule has 2 N–H and O–H groups in total. The number of hydrogen-bond acceptors (Lipinski definition) is 5. The Hall–Kier alpha value is -3.87. The maximum Gasteiger partial charge on any atom is 0.251 e. The Balaban J connectivity index is 1.63. The summed E-state index contributed by atoms with van der Waals surface area (Å²) in [6, 6.07) is 15.9. The van der Waals surface area contributed by atoms with Crippen LogP contribution in [0.3, 0.4) is 0 Å². The Morgan fingerprint density at radius 3 is 2.23 bits per heavy atom. The molecule has 7 heteroatoms. The van der Waals surface area contributed by atoms with Crippen molar-refractivity contribution >= 4 is 11.8 Å². The van der Waals surface area contributed by atoms with Gasteiger partial charge in [0.2, 0.25) is 0 Å². The van der Waals surface area contributed by atoms with E-state index < -0.39 is 0 Å². The van der Waals surface area contributed by atoms with Crippen LogP contribution in [0.5, 0.6) is 11.5 Å². The van der Waals surface area contributed by atoms with E-state index in [9.17, 15) is 9.59 Å². The second kappa shape index (κ2) is 10.8. The Morgan fingerprint density at radius 2 is 1.55 bits per heavy atom. The van der Waals surface area contributed by atoms with Crippen LogP contribution >= 0.6 is 0 Å². The van der Waals surface area contributed by atoms with Crippen LogP contribution in [0.15, 0.2) is 67.0 Å². The average molecular weight is 419 g/mol. The van der Waals surface area contributed by atoms with Gasteiger partial charge in [-0.3, -0.25) is 14.6 Å². The Bertz CT molecular complexity index is 1020. The van der Waals surface area contributed by atoms with Crippen LogP contribution in [0.25, 0.3) is 0 Å². The highest BCUT2D eigenvalue weighted by molar-refractivity contribution is 5.95. The van der Waals surface area contributed by atoms with Gasteiger partial charge in [-0.15, -0.1) is 0 Å². The lowest BCUT2D eigenvalue weighted by molar-refractivity contribution is 0.0945. The number of carbonyl (C=O) groups excluding carboxylic acids is 2. The molecule has 0 unspecified atom stereocenters. The second-order valence-corrected chi connectivity index (χ2v) is 6.70. The van der Waals surface area contributed by atoms with Crippen molar-refractivity contribution in [2.75, 3.05) is 13.7 Å². The van der Waals surface area contributed by atoms with E-state index in [1.54, 1.807) is 49.8 Å². The fourth-order valence-corrected chi connectivity index (χ4v) is 2.88. The van der Waals surface area contributed by atoms with Crippen molar-refractivity contribution < 1.29 is 19.1 Å². The molecule has 1 heterocycles. The number of rotatable bonds is 9. The predicted octanol–water partition coefficient (Wildman–Crippen LogP) is 3.35. The van der Waals surface area contributed by atoms with Gasteiger partial charge in [-0.05, 0) is 60.5 Å². The van der Waals surface area contributed by atoms with Crippen molar-refractivity contribution in [1.29, 1.82) is 0 Å². The van der Waals surface area contributed by atoms with E-state index in [-0.39, 0.29) is 11.8 Å². The van der Waals surface area contributed by atoms with Gasteiger partial charge in [0.1, 0.15) is 6.61 Å². The maximum absolute atomic E-state index is 12.6. The maximum atomic E-state index is 12.6. The molecule has 0 saturated heterocycles. The molecule has 1 aromatic heterocycles. The zero-order valence-electron chi connectivity index (χ0n) is 17.6. The minimum absolute atomic E-state index is 0.148. The van der Waals surface area contributed by atoms with Crippen LogP contribution < -0.4 is 20.1 Å². The third-order valence-corrected chi connectivity index (χ3v) is 4.55. The van der Waals surface area contributed by atoms with E-state index in [1.807, 2.05) is 31.2 Å². The summed E-state index contributed by atoms with van der Waals surface area (Å²) >= 11 is 0. The van der Waals surface area contributed by atoms with Crippen molar-refractivity contribution in [1.82, 2.24) is 15.6 Å². The molecule has 0 fully saturated rings. The van der Waals surface area contributed by atoms with Crippen molar-refractivity contribution in [2.24, 2.45) is 0 Å². The summed E-state index contributed by atoms with van der Waals surface area (Å²) in [5.41, 5.74) is 2.92. The lowest BCUT2D eigenvalue weighted by Gasteiger charge is -2.13. The molecule has 0 saturated carbocycles. The Morgan fingerprint density at radius 1 is 0.839 bits per heavy atom. The number of aromatic nitrogens is 1. The Labute approximate surface area is 181 Å². The first-order valence-electron chi connectivity index (χ1n) is 9.98. The largest absolute Gasteiger partial charge is 0.490 e. The number of amides is 2. The van der Waals surface area contributed by atoms with Crippen molar-refractivity contribution in [3.63, 3.8) is 0 Å². The lowest BCUT2D eigenvalue weighted by atomic mass is 10.1. The highest BCUT2D eigenvalue weighted by Gasteiger charge is 2.12. The van der Waals surface area contributed by atoms with Gasteiger partial charge < -0.3 is 20.1 Å². The lowest BCUT2D eigenvalue weighted by Crippen LogP contribution is -2.23. The molecule has 0 spiro atoms. The van der Waals surface area contributed by atoms with Gasteiger partial charge in [-0.25, -0.2) is 0 Å². The van der Waals surface area contributed by atoms with Gasteiger partial charge in [0.25, 0.3) is 11.8 Å². The number of nitrogens with zero attached hydrogens (tertiary/aromatic N) is 1. The standard InChI is InChI=1S/C24H25N3O4/c1-3-30-22-14-20(8-9-21(22)31-16-18-10-12-26-13-11-18)24(29)27-15-17-4-6-19(7-5-17)23(28)25-2/h4-14H,3,15-16H2,1-2H3,(H,25,28)(H,27,29). The normalized spacial score (nSPS) is 10.3. The number of hydrogen-bond donors (Lipinski definition) is 2. The smallest absolute Gasteiger partial charge is 0.251 e. The molecule has 7 nitrogen and oxygen atoms in total. The number of ether oxygens (including phenoxy) is 2. The molecule has 0 aliphatic carbocycles. The van der Waals surface area contributed by atoms with Gasteiger partial charge in [0.05, 0.1) is 6.61 Å². The first-order valence-corrected chi connectivity index (χ1v) is 9.98. The van der Waals surface area contributed by atoms with Gasteiger partial charge in [-0.1, -0.05) is 12.1 Å². The molecule has 0 radical (unpaired) electrons. The van der Waals surface area contributed by atoms with E-state index >= 15 is 0 Å². The fourth-order valence-electron chi connectivity index (χ4n) is 2.88. The summed E-state index contributed by atoms with van der Waals surface area (Å²) in [5, 5.41) is 5.46. The van der Waals surface area contributed by atoms with Crippen LogP contribution in [0.2, 0.25) is 0 Å². The monoisotopic (exact) mass is 419 g/mol. The van der Waals surface area contributed by atoms with Crippen molar-refractivity contribution in [2.45, 2.75) is 20.1 Å². The molecule has 31 heavy (non-hydrogen) atoms. The minimum atomic E-state index is -0.225. The van der Waals surface area contributed by atoms with Crippen LogP contribution in [0.4, 0.5) is 0 Å². The van der Waals surface area contributed by atoms with Crippen LogP contribution in [-0.2, 0) is 13.2 Å². The molecule has 0 aliphatic heterocycles. The number of benzene rings is 2. The summed E-state index contributed by atoms with van der Waals surface area (Å²) in [6.45, 7) is 3.05. The number of pyridine rings is 1. The SMILES string of the molecule is CCOc1cc(C(=O)NCc2ccc(C(=O)NC)cc2)ccc1OCc1ccncc1. The van der Waals surface area contributed by atoms with Gasteiger partial charge in [-0.2, -0.15) is 0 Å². The number of nitrogens with one attached hydrogen (secondary N) is 2. The van der Waals surface area contributed by atoms with Crippen molar-refractivity contribution in [3.05, 3.63) is 89.2 Å². The highest BCUT2D eigenvalue weighted by Crippen LogP contribution is 2.29. The molecule has 3 aromatic rings. The van der Waals surface area contributed by atoms with Gasteiger partial charge in [0, 0.05) is 37.1 Å². The molecule has 3 rings (SSSR count). The summed E-state index contributed by atoms with van der Waals surface area (Å²) < 4.78 is 11.5. The van der Waals surface area contributed by atoms with E-state index in [1.165, 1.54) is 0 Å². The molecule has 0 aliphatic rings. The van der Waals surface area contributed by atoms with Gasteiger partial charge >= 0.3 is 0 Å². The third kappa shape index (κ3) is 6.05. The van der Waals surface area contributed by atoms with Crippen LogP contribution in [-0.4, -0.2) is 30.5 Å². The molecule has 2 amide bonds. The molecule has 160 valence electrons. The zero-order chi connectivity index (χ0) is 22.1. The molecule has 0 bridgehead atoms. The highest BCUT2D eigenvalue weighted by atomic mass is 16.5. The summed E-state index contributed by atoms with van der Waals surface area (Å²) in [5.74, 6) is 0.710. The minimum Gasteiger partial charge on any atom is -0.490 e. The molecule has 0 atom stereocenters. The zero-order valence-corrected chi connectivity index (χ0v) is 17.6. The third-order valence-electron chi connectivity index (χ3n) is 4.55. The second-order valence-electron chi connectivity index (χ2n) is 6.70. The summed E-state index contributed by atoms with van der Waals surface area (Å²) in [4.78, 5) is 28.2. The topological polar surface area (TPSA) is 89.5 Å². The average Bonchev–Trinajstić information content (AvgIpc) is 2.82. The fraction of sp³-hybridized carbons (Fsp3) is 0.208. The summed E-state index contributed by atoms with van der Waals surface area (Å²) in [7, 11) is 1.59. The van der Waals surface area contributed by atoms with E-state index in [0.29, 0.717) is 42.4 Å². The Kier molecular flexibility index (Phi) is 7.59. The molecular weight excluding hydrogens is 394 g/mol. The van der Waals surface area contributed by atoms with E-state index in [0.717, 1.165) is 11.1 Å². The van der Waals surface area contributed by atoms with Crippen LogP contribution in [0, 0.1) is 0 Å². The van der Waals surface area contributed by atoms with E-state index in [2.05, 4.69) is 15.6 Å². The van der Waals surface area contributed by atoms with Crippen LogP contribution in [0.1, 0.15) is 38.8 Å². The predicted molar refractivity (Wildman–Crippen MR) is 117 cm³/mol. The molecular formula is C24H25N3O4. The number of carbonyl (C=O) groups is 2. The first-order chi connectivity index (χ1) is 15.1. The first kappa shape index (κ1) is 21.8. The van der Waals surface area contributed by atoms with E-state index in [4.69, 9.17) is 9.47 Å².